The SMILES string of the molecule is CCn1ncnc1CC(=O)c1csc(C(C)N)n1. The van der Waals surface area contributed by atoms with Crippen LogP contribution in [0.25, 0.3) is 0 Å². The minimum absolute atomic E-state index is 0.0548. The van der Waals surface area contributed by atoms with E-state index in [1.807, 2.05) is 13.8 Å². The van der Waals surface area contributed by atoms with Crippen molar-refractivity contribution in [2.75, 3.05) is 0 Å². The summed E-state index contributed by atoms with van der Waals surface area (Å²) in [5.41, 5.74) is 6.18. The van der Waals surface area contributed by atoms with E-state index in [1.54, 1.807) is 10.1 Å². The summed E-state index contributed by atoms with van der Waals surface area (Å²) in [6.45, 7) is 4.51. The van der Waals surface area contributed by atoms with Crippen LogP contribution in [0.15, 0.2) is 11.7 Å². The number of hydrogen-bond acceptors (Lipinski definition) is 6. The van der Waals surface area contributed by atoms with Crippen molar-refractivity contribution in [3.8, 4) is 0 Å². The number of carbonyl (C=O) groups is 1. The Morgan fingerprint density at radius 2 is 2.39 bits per heavy atom. The topological polar surface area (TPSA) is 86.7 Å². The first-order chi connectivity index (χ1) is 8.61. The van der Waals surface area contributed by atoms with E-state index in [4.69, 9.17) is 5.73 Å². The molecule has 0 aliphatic carbocycles. The first-order valence-electron chi connectivity index (χ1n) is 5.72. The molecular formula is C11H15N5OS. The number of thiazole rings is 1. The quantitative estimate of drug-likeness (QED) is 0.821. The standard InChI is InChI=1S/C11H15N5OS/c1-3-16-10(13-6-14-16)4-9(17)8-5-18-11(15-8)7(2)12/h5-7H,3-4,12H2,1-2H3. The van der Waals surface area contributed by atoms with Crippen LogP contribution in [0, 0.1) is 0 Å². The molecule has 0 aliphatic rings. The summed E-state index contributed by atoms with van der Waals surface area (Å²) in [6.07, 6.45) is 1.68. The third-order valence-electron chi connectivity index (χ3n) is 2.51. The van der Waals surface area contributed by atoms with Gasteiger partial charge in [0.2, 0.25) is 0 Å². The van der Waals surface area contributed by atoms with Gasteiger partial charge in [0.25, 0.3) is 0 Å². The van der Waals surface area contributed by atoms with Crippen molar-refractivity contribution < 1.29 is 4.79 Å². The lowest BCUT2D eigenvalue weighted by molar-refractivity contribution is 0.0985. The predicted molar refractivity (Wildman–Crippen MR) is 68.4 cm³/mol. The second-order valence-corrected chi connectivity index (χ2v) is 4.84. The Kier molecular flexibility index (Phi) is 3.83. The van der Waals surface area contributed by atoms with Gasteiger partial charge >= 0.3 is 0 Å². The Morgan fingerprint density at radius 1 is 1.61 bits per heavy atom. The van der Waals surface area contributed by atoms with Gasteiger partial charge in [-0.25, -0.2) is 14.6 Å². The Balaban J connectivity index is 2.12. The highest BCUT2D eigenvalue weighted by Crippen LogP contribution is 2.17. The number of carbonyl (C=O) groups excluding carboxylic acids is 1. The molecule has 0 aromatic carbocycles. The van der Waals surface area contributed by atoms with E-state index in [1.165, 1.54) is 17.7 Å². The van der Waals surface area contributed by atoms with E-state index in [9.17, 15) is 4.79 Å². The first kappa shape index (κ1) is 12.8. The summed E-state index contributed by atoms with van der Waals surface area (Å²) < 4.78 is 1.71. The van der Waals surface area contributed by atoms with Gasteiger partial charge in [-0.15, -0.1) is 11.3 Å². The summed E-state index contributed by atoms with van der Waals surface area (Å²) >= 11 is 1.41. The van der Waals surface area contributed by atoms with Crippen LogP contribution in [0.1, 0.15) is 41.2 Å². The maximum atomic E-state index is 12.0. The van der Waals surface area contributed by atoms with Crippen LogP contribution in [0.3, 0.4) is 0 Å². The Labute approximate surface area is 109 Å². The predicted octanol–water partition coefficient (Wildman–Crippen LogP) is 1.20. The molecule has 1 atom stereocenters. The molecule has 1 unspecified atom stereocenters. The largest absolute Gasteiger partial charge is 0.322 e. The van der Waals surface area contributed by atoms with Crippen molar-refractivity contribution >= 4 is 17.1 Å². The molecule has 0 saturated carbocycles. The molecule has 2 rings (SSSR count). The minimum Gasteiger partial charge on any atom is -0.322 e. The fourth-order valence-electron chi connectivity index (χ4n) is 1.55. The summed E-state index contributed by atoms with van der Waals surface area (Å²) in [6, 6.07) is -0.143. The molecule has 0 fully saturated rings. The maximum absolute atomic E-state index is 12.0. The number of aryl methyl sites for hydroxylation is 1. The van der Waals surface area contributed by atoms with Crippen LogP contribution < -0.4 is 5.73 Å². The summed E-state index contributed by atoms with van der Waals surface area (Å²) in [4.78, 5) is 20.3. The lowest BCUT2D eigenvalue weighted by atomic mass is 10.2. The second-order valence-electron chi connectivity index (χ2n) is 3.95. The maximum Gasteiger partial charge on any atom is 0.189 e. The number of nitrogens with zero attached hydrogens (tertiary/aromatic N) is 4. The number of Topliss-reactive ketones (excluding diaryl/α,β-unsaturated/α-hetero) is 1. The molecule has 6 nitrogen and oxygen atoms in total. The molecule has 96 valence electrons. The van der Waals surface area contributed by atoms with E-state index in [0.29, 0.717) is 18.1 Å². The van der Waals surface area contributed by atoms with Crippen LogP contribution in [-0.2, 0) is 13.0 Å². The molecular weight excluding hydrogens is 250 g/mol. The monoisotopic (exact) mass is 265 g/mol. The van der Waals surface area contributed by atoms with Crippen molar-refractivity contribution in [1.29, 1.82) is 0 Å². The highest BCUT2D eigenvalue weighted by Gasteiger charge is 2.15. The third-order valence-corrected chi connectivity index (χ3v) is 3.56. The van der Waals surface area contributed by atoms with Crippen molar-refractivity contribution in [2.24, 2.45) is 5.73 Å². The van der Waals surface area contributed by atoms with Crippen molar-refractivity contribution in [2.45, 2.75) is 32.9 Å². The van der Waals surface area contributed by atoms with Gasteiger partial charge in [-0.2, -0.15) is 5.10 Å². The summed E-state index contributed by atoms with van der Waals surface area (Å²) in [5.74, 6) is 0.610. The number of nitrogens with two attached hydrogens (primary N) is 1. The zero-order valence-corrected chi connectivity index (χ0v) is 11.1. The van der Waals surface area contributed by atoms with Gasteiger partial charge in [0.1, 0.15) is 22.9 Å². The molecule has 0 saturated heterocycles. The average molecular weight is 265 g/mol. The van der Waals surface area contributed by atoms with Crippen molar-refractivity contribution in [1.82, 2.24) is 19.7 Å². The molecule has 0 amide bonds. The van der Waals surface area contributed by atoms with Gasteiger partial charge in [0.05, 0.1) is 12.5 Å². The molecule has 2 aromatic heterocycles. The molecule has 7 heteroatoms. The molecule has 2 aromatic rings. The zero-order chi connectivity index (χ0) is 13.1. The van der Waals surface area contributed by atoms with E-state index in [0.717, 1.165) is 5.01 Å². The Hall–Kier alpha value is -1.60. The molecule has 0 aliphatic heterocycles. The summed E-state index contributed by atoms with van der Waals surface area (Å²) in [7, 11) is 0. The van der Waals surface area contributed by atoms with E-state index < -0.39 is 0 Å². The van der Waals surface area contributed by atoms with E-state index in [2.05, 4.69) is 15.1 Å². The number of aromatic nitrogens is 4. The number of ketones is 1. The second kappa shape index (κ2) is 5.36. The van der Waals surface area contributed by atoms with Crippen LogP contribution >= 0.6 is 11.3 Å². The molecule has 0 radical (unpaired) electrons. The van der Waals surface area contributed by atoms with Gasteiger partial charge in [-0.3, -0.25) is 4.79 Å². The fourth-order valence-corrected chi connectivity index (χ4v) is 2.33. The summed E-state index contributed by atoms with van der Waals surface area (Å²) in [5, 5.41) is 6.55. The minimum atomic E-state index is -0.143. The smallest absolute Gasteiger partial charge is 0.189 e. The highest BCUT2D eigenvalue weighted by molar-refractivity contribution is 7.09. The van der Waals surface area contributed by atoms with Crippen LogP contribution in [0.2, 0.25) is 0 Å². The molecule has 18 heavy (non-hydrogen) atoms. The van der Waals surface area contributed by atoms with E-state index in [-0.39, 0.29) is 18.2 Å². The highest BCUT2D eigenvalue weighted by atomic mass is 32.1. The third kappa shape index (κ3) is 2.62. The van der Waals surface area contributed by atoms with Crippen LogP contribution in [0.4, 0.5) is 0 Å². The van der Waals surface area contributed by atoms with Gasteiger partial charge in [-0.1, -0.05) is 0 Å². The van der Waals surface area contributed by atoms with Gasteiger partial charge < -0.3 is 5.73 Å². The van der Waals surface area contributed by atoms with Gasteiger partial charge in [0, 0.05) is 11.9 Å². The van der Waals surface area contributed by atoms with Crippen molar-refractivity contribution in [3.63, 3.8) is 0 Å². The Bertz CT molecular complexity index is 545. The molecule has 2 heterocycles. The normalized spacial score (nSPS) is 12.6. The lowest BCUT2D eigenvalue weighted by Gasteiger charge is -2.01. The van der Waals surface area contributed by atoms with Crippen LogP contribution in [-0.4, -0.2) is 25.5 Å². The van der Waals surface area contributed by atoms with Gasteiger partial charge in [-0.05, 0) is 13.8 Å². The van der Waals surface area contributed by atoms with Crippen LogP contribution in [0.5, 0.6) is 0 Å². The molecule has 2 N–H and O–H groups in total. The Morgan fingerprint density at radius 3 is 3.00 bits per heavy atom. The molecule has 0 spiro atoms. The average Bonchev–Trinajstić information content (AvgIpc) is 2.96. The van der Waals surface area contributed by atoms with Crippen molar-refractivity contribution in [3.05, 3.63) is 28.2 Å². The lowest BCUT2D eigenvalue weighted by Crippen LogP contribution is -2.12. The fraction of sp³-hybridized carbons (Fsp3) is 0.455. The zero-order valence-electron chi connectivity index (χ0n) is 10.3. The molecule has 0 bridgehead atoms. The number of rotatable bonds is 5. The van der Waals surface area contributed by atoms with Gasteiger partial charge in [0.15, 0.2) is 5.78 Å². The number of hydrogen-bond donors (Lipinski definition) is 1. The van der Waals surface area contributed by atoms with E-state index >= 15 is 0 Å². The first-order valence-corrected chi connectivity index (χ1v) is 6.60.